The van der Waals surface area contributed by atoms with Crippen LogP contribution in [0.1, 0.15) is 43.9 Å². The van der Waals surface area contributed by atoms with Crippen molar-refractivity contribution < 1.29 is 19.0 Å². The number of carbonyl (C=O) groups is 1. The van der Waals surface area contributed by atoms with Crippen molar-refractivity contribution >= 4 is 23.4 Å². The molecule has 1 aliphatic heterocycles. The van der Waals surface area contributed by atoms with Gasteiger partial charge in [-0.2, -0.15) is 0 Å². The molecule has 0 saturated carbocycles. The average molecular weight is 494 g/mol. The minimum atomic E-state index is -0.784. The number of thiazole rings is 1. The van der Waals surface area contributed by atoms with Crippen LogP contribution in [0.5, 0.6) is 11.5 Å². The Kier molecular flexibility index (Phi) is 7.45. The highest BCUT2D eigenvalue weighted by Crippen LogP contribution is 2.38. The van der Waals surface area contributed by atoms with Crippen LogP contribution in [0.15, 0.2) is 63.8 Å². The van der Waals surface area contributed by atoms with Gasteiger partial charge in [0.25, 0.3) is 5.56 Å². The lowest BCUT2D eigenvalue weighted by molar-refractivity contribution is -0.139. The quantitative estimate of drug-likeness (QED) is 0.448. The van der Waals surface area contributed by atoms with E-state index in [2.05, 4.69) is 4.98 Å². The van der Waals surface area contributed by atoms with Crippen LogP contribution in [-0.4, -0.2) is 36.3 Å². The topological polar surface area (TPSA) is 92.0 Å². The van der Waals surface area contributed by atoms with Crippen molar-refractivity contribution in [2.24, 2.45) is 4.99 Å². The third kappa shape index (κ3) is 4.77. The van der Waals surface area contributed by atoms with Crippen LogP contribution >= 0.6 is 11.3 Å². The number of aromatic nitrogens is 2. The second kappa shape index (κ2) is 10.7. The van der Waals surface area contributed by atoms with Gasteiger partial charge in [0.2, 0.25) is 0 Å². The number of benzene rings is 1. The summed E-state index contributed by atoms with van der Waals surface area (Å²) in [4.78, 5) is 36.5. The van der Waals surface area contributed by atoms with Crippen molar-refractivity contribution in [2.75, 3.05) is 20.8 Å². The third-order valence-corrected chi connectivity index (χ3v) is 6.59. The molecule has 0 N–H and O–H groups in total. The molecule has 0 bridgehead atoms. The molecule has 3 heterocycles. The van der Waals surface area contributed by atoms with E-state index in [-0.39, 0.29) is 12.2 Å². The number of carbonyl (C=O) groups excluding carboxylic acids is 1. The highest BCUT2D eigenvalue weighted by atomic mass is 32.1. The lowest BCUT2D eigenvalue weighted by Gasteiger charge is -2.27. The van der Waals surface area contributed by atoms with Crippen LogP contribution in [0.2, 0.25) is 0 Å². The number of ether oxygens (including phenoxy) is 3. The zero-order valence-corrected chi connectivity index (χ0v) is 20.9. The Bertz CT molecular complexity index is 1440. The summed E-state index contributed by atoms with van der Waals surface area (Å²) in [5.41, 5.74) is 2.10. The van der Waals surface area contributed by atoms with E-state index in [9.17, 15) is 9.59 Å². The van der Waals surface area contributed by atoms with Gasteiger partial charge < -0.3 is 14.2 Å². The van der Waals surface area contributed by atoms with E-state index in [1.165, 1.54) is 11.3 Å². The standard InChI is InChI=1S/C26H27N3O5S/c1-5-8-19-22(25(31)34-6-2)23(18-14-17(32-3)10-11-20(18)33-4)29-24(30)21(35-26(29)28-19)13-16-9-7-12-27-15-16/h7,9-15,23H,5-6,8H2,1-4H3/b21-13-. The van der Waals surface area contributed by atoms with Crippen molar-refractivity contribution in [1.29, 1.82) is 0 Å². The van der Waals surface area contributed by atoms with Crippen molar-refractivity contribution in [1.82, 2.24) is 9.55 Å². The minimum Gasteiger partial charge on any atom is -0.497 e. The number of methoxy groups -OCH3 is 2. The Morgan fingerprint density at radius 1 is 1.20 bits per heavy atom. The van der Waals surface area contributed by atoms with E-state index in [0.717, 1.165) is 12.0 Å². The summed E-state index contributed by atoms with van der Waals surface area (Å²) < 4.78 is 18.6. The van der Waals surface area contributed by atoms with Gasteiger partial charge in [-0.15, -0.1) is 0 Å². The number of nitrogens with zero attached hydrogens (tertiary/aromatic N) is 3. The summed E-state index contributed by atoms with van der Waals surface area (Å²) in [5, 5.41) is 0. The normalized spacial score (nSPS) is 15.4. The molecule has 2 aromatic heterocycles. The maximum atomic E-state index is 13.8. The number of rotatable bonds is 8. The second-order valence-electron chi connectivity index (χ2n) is 7.81. The predicted octanol–water partition coefficient (Wildman–Crippen LogP) is 2.99. The largest absolute Gasteiger partial charge is 0.497 e. The highest BCUT2D eigenvalue weighted by Gasteiger charge is 2.36. The third-order valence-electron chi connectivity index (χ3n) is 5.61. The van der Waals surface area contributed by atoms with Crippen molar-refractivity contribution in [3.63, 3.8) is 0 Å². The van der Waals surface area contributed by atoms with Gasteiger partial charge in [-0.1, -0.05) is 30.7 Å². The van der Waals surface area contributed by atoms with Crippen LogP contribution in [0, 0.1) is 0 Å². The van der Waals surface area contributed by atoms with Gasteiger partial charge in [-0.05, 0) is 49.2 Å². The number of allylic oxidation sites excluding steroid dienone is 1. The number of fused-ring (bicyclic) bond motifs is 1. The van der Waals surface area contributed by atoms with E-state index in [4.69, 9.17) is 19.2 Å². The number of hydrogen-bond acceptors (Lipinski definition) is 8. The fourth-order valence-electron chi connectivity index (χ4n) is 4.08. The SMILES string of the molecule is CCCC1=C(C(=O)OCC)C(c2cc(OC)ccc2OC)n2c(s/c(=C\c3cccnc3)c2=O)=N1. The summed E-state index contributed by atoms with van der Waals surface area (Å²) in [6.07, 6.45) is 6.48. The van der Waals surface area contributed by atoms with Crippen LogP contribution in [0.25, 0.3) is 6.08 Å². The van der Waals surface area contributed by atoms with Crippen LogP contribution in [-0.2, 0) is 9.53 Å². The zero-order valence-electron chi connectivity index (χ0n) is 20.1. The van der Waals surface area contributed by atoms with Crippen molar-refractivity contribution in [2.45, 2.75) is 32.7 Å². The minimum absolute atomic E-state index is 0.204. The molecule has 9 heteroatoms. The van der Waals surface area contributed by atoms with Gasteiger partial charge in [0.05, 0.1) is 36.6 Å². The molecule has 0 saturated heterocycles. The Labute approximate surface area is 206 Å². The second-order valence-corrected chi connectivity index (χ2v) is 8.82. The predicted molar refractivity (Wildman–Crippen MR) is 133 cm³/mol. The summed E-state index contributed by atoms with van der Waals surface area (Å²) in [6.45, 7) is 3.97. The molecular weight excluding hydrogens is 466 g/mol. The molecule has 0 spiro atoms. The summed E-state index contributed by atoms with van der Waals surface area (Å²) >= 11 is 1.28. The maximum absolute atomic E-state index is 13.8. The molecule has 0 radical (unpaired) electrons. The molecule has 0 aliphatic carbocycles. The molecule has 0 amide bonds. The fourth-order valence-corrected chi connectivity index (χ4v) is 5.10. The molecule has 1 atom stereocenters. The molecule has 182 valence electrons. The number of pyridine rings is 1. The maximum Gasteiger partial charge on any atom is 0.338 e. The highest BCUT2D eigenvalue weighted by molar-refractivity contribution is 7.07. The summed E-state index contributed by atoms with van der Waals surface area (Å²) in [5.74, 6) is 0.601. The molecule has 0 fully saturated rings. The first-order valence-electron chi connectivity index (χ1n) is 11.4. The molecular formula is C26H27N3O5S. The Balaban J connectivity index is 2.06. The smallest absolute Gasteiger partial charge is 0.338 e. The van der Waals surface area contributed by atoms with Gasteiger partial charge in [0.15, 0.2) is 4.80 Å². The van der Waals surface area contributed by atoms with E-state index < -0.39 is 12.0 Å². The first-order chi connectivity index (χ1) is 17.0. The lowest BCUT2D eigenvalue weighted by Crippen LogP contribution is -2.40. The van der Waals surface area contributed by atoms with Gasteiger partial charge >= 0.3 is 5.97 Å². The first-order valence-corrected chi connectivity index (χ1v) is 12.2. The average Bonchev–Trinajstić information content (AvgIpc) is 3.18. The molecule has 4 rings (SSSR count). The molecule has 8 nitrogen and oxygen atoms in total. The lowest BCUT2D eigenvalue weighted by atomic mass is 9.93. The van der Waals surface area contributed by atoms with Crippen LogP contribution in [0.3, 0.4) is 0 Å². The Hall–Kier alpha value is -3.72. The first kappa shape index (κ1) is 24.4. The molecule has 1 unspecified atom stereocenters. The van der Waals surface area contributed by atoms with E-state index >= 15 is 0 Å². The van der Waals surface area contributed by atoms with Crippen molar-refractivity contribution in [3.05, 3.63) is 84.8 Å². The molecule has 3 aromatic rings. The van der Waals surface area contributed by atoms with Gasteiger partial charge in [-0.3, -0.25) is 14.3 Å². The van der Waals surface area contributed by atoms with Gasteiger partial charge in [0.1, 0.15) is 17.5 Å². The summed E-state index contributed by atoms with van der Waals surface area (Å²) in [7, 11) is 3.12. The van der Waals surface area contributed by atoms with Gasteiger partial charge in [0, 0.05) is 18.0 Å². The Morgan fingerprint density at radius 3 is 2.69 bits per heavy atom. The van der Waals surface area contributed by atoms with Crippen LogP contribution < -0.4 is 24.4 Å². The van der Waals surface area contributed by atoms with E-state index in [1.807, 2.05) is 19.1 Å². The van der Waals surface area contributed by atoms with Gasteiger partial charge in [-0.25, -0.2) is 9.79 Å². The van der Waals surface area contributed by atoms with E-state index in [1.54, 1.807) is 62.4 Å². The van der Waals surface area contributed by atoms with E-state index in [0.29, 0.717) is 44.1 Å². The fraction of sp³-hybridized carbons (Fsp3) is 0.308. The van der Waals surface area contributed by atoms with Crippen LogP contribution in [0.4, 0.5) is 0 Å². The molecule has 1 aromatic carbocycles. The number of esters is 1. The molecule has 1 aliphatic rings. The number of hydrogen-bond donors (Lipinski definition) is 0. The molecule has 35 heavy (non-hydrogen) atoms. The zero-order chi connectivity index (χ0) is 24.9. The monoisotopic (exact) mass is 493 g/mol. The van der Waals surface area contributed by atoms with Crippen molar-refractivity contribution in [3.8, 4) is 11.5 Å². The Morgan fingerprint density at radius 2 is 2.03 bits per heavy atom. The summed E-state index contributed by atoms with van der Waals surface area (Å²) in [6, 6.07) is 8.23.